The molecule has 3 aromatic rings. The molecule has 0 saturated heterocycles. The minimum atomic E-state index is -0.541. The van der Waals surface area contributed by atoms with Crippen LogP contribution in [0.1, 0.15) is 30.4 Å². The molecule has 0 aliphatic carbocycles. The van der Waals surface area contributed by atoms with Crippen LogP contribution in [0.3, 0.4) is 0 Å². The van der Waals surface area contributed by atoms with Crippen molar-refractivity contribution < 1.29 is 28.6 Å². The molecule has 8 heteroatoms. The van der Waals surface area contributed by atoms with E-state index in [1.807, 2.05) is 32.0 Å². The predicted octanol–water partition coefficient (Wildman–Crippen LogP) is 5.40. The van der Waals surface area contributed by atoms with Crippen LogP contribution >= 0.6 is 0 Å². The Morgan fingerprint density at radius 1 is 0.694 bits per heavy atom. The second-order valence-electron chi connectivity index (χ2n) is 8.21. The summed E-state index contributed by atoms with van der Waals surface area (Å²) >= 11 is 0. The molecule has 8 nitrogen and oxygen atoms in total. The zero-order valence-electron chi connectivity index (χ0n) is 20.6. The number of benzene rings is 3. The number of aryl methyl sites for hydroxylation is 2. The molecule has 0 heterocycles. The standard InChI is InChI=1S/C28H30N2O6/c1-19-7-12-25(17-20(19)2)36-24-15-10-21(11-16-24)29-26(31)5-4-6-28(33)35-18-27(32)30-22-8-13-23(34-3)14-9-22/h7-17H,4-6,18H2,1-3H3,(H,29,31)(H,30,32). The number of ether oxygens (including phenoxy) is 3. The maximum Gasteiger partial charge on any atom is 0.306 e. The molecule has 2 N–H and O–H groups in total. The van der Waals surface area contributed by atoms with Crippen LogP contribution in [-0.2, 0) is 19.1 Å². The van der Waals surface area contributed by atoms with Crippen LogP contribution in [0.25, 0.3) is 0 Å². The van der Waals surface area contributed by atoms with Gasteiger partial charge >= 0.3 is 5.97 Å². The Balaban J connectivity index is 1.33. The quantitative estimate of drug-likeness (QED) is 0.349. The molecule has 0 atom stereocenters. The van der Waals surface area contributed by atoms with Gasteiger partial charge in [-0.1, -0.05) is 6.07 Å². The second-order valence-corrected chi connectivity index (χ2v) is 8.21. The fourth-order valence-corrected chi connectivity index (χ4v) is 3.23. The molecule has 0 fully saturated rings. The van der Waals surface area contributed by atoms with Crippen LogP contribution in [0.15, 0.2) is 66.7 Å². The van der Waals surface area contributed by atoms with Crippen LogP contribution in [0.5, 0.6) is 17.2 Å². The van der Waals surface area contributed by atoms with Gasteiger partial charge in [-0.05, 0) is 92.1 Å². The molecule has 0 saturated carbocycles. The normalized spacial score (nSPS) is 10.3. The first-order chi connectivity index (χ1) is 17.3. The van der Waals surface area contributed by atoms with Gasteiger partial charge in [0.1, 0.15) is 17.2 Å². The summed E-state index contributed by atoms with van der Waals surface area (Å²) in [5, 5.41) is 5.42. The highest BCUT2D eigenvalue weighted by Gasteiger charge is 2.10. The van der Waals surface area contributed by atoms with Crippen LogP contribution < -0.4 is 20.1 Å². The molecule has 0 spiro atoms. The van der Waals surface area contributed by atoms with Crippen molar-refractivity contribution in [1.29, 1.82) is 0 Å². The van der Waals surface area contributed by atoms with Crippen LogP contribution in [0, 0.1) is 13.8 Å². The number of carbonyl (C=O) groups is 3. The molecular weight excluding hydrogens is 460 g/mol. The molecule has 36 heavy (non-hydrogen) atoms. The number of methoxy groups -OCH3 is 1. The van der Waals surface area contributed by atoms with Gasteiger partial charge in [0.05, 0.1) is 7.11 Å². The highest BCUT2D eigenvalue weighted by molar-refractivity contribution is 5.93. The van der Waals surface area contributed by atoms with Gasteiger partial charge < -0.3 is 24.8 Å². The minimum absolute atomic E-state index is 0.0337. The number of carbonyl (C=O) groups excluding carboxylic acids is 3. The third-order valence-electron chi connectivity index (χ3n) is 5.37. The molecule has 0 bridgehead atoms. The number of hydrogen-bond donors (Lipinski definition) is 2. The number of rotatable bonds is 11. The summed E-state index contributed by atoms with van der Waals surface area (Å²) < 4.78 is 15.9. The number of anilines is 2. The largest absolute Gasteiger partial charge is 0.497 e. The lowest BCUT2D eigenvalue weighted by Gasteiger charge is -2.10. The van der Waals surface area contributed by atoms with Crippen LogP contribution in [0.2, 0.25) is 0 Å². The average Bonchev–Trinajstić information content (AvgIpc) is 2.86. The van der Waals surface area contributed by atoms with E-state index < -0.39 is 18.5 Å². The third kappa shape index (κ3) is 8.47. The van der Waals surface area contributed by atoms with Gasteiger partial charge in [-0.3, -0.25) is 14.4 Å². The van der Waals surface area contributed by atoms with Crippen molar-refractivity contribution in [3.05, 3.63) is 77.9 Å². The van der Waals surface area contributed by atoms with Gasteiger partial charge in [0.15, 0.2) is 6.61 Å². The third-order valence-corrected chi connectivity index (χ3v) is 5.37. The van der Waals surface area contributed by atoms with Crippen LogP contribution in [-0.4, -0.2) is 31.5 Å². The first-order valence-electron chi connectivity index (χ1n) is 11.6. The van der Waals surface area contributed by atoms with E-state index in [2.05, 4.69) is 10.6 Å². The Morgan fingerprint density at radius 3 is 1.89 bits per heavy atom. The van der Waals surface area contributed by atoms with Gasteiger partial charge in [-0.25, -0.2) is 0 Å². The van der Waals surface area contributed by atoms with Crippen molar-refractivity contribution in [2.45, 2.75) is 33.1 Å². The minimum Gasteiger partial charge on any atom is -0.497 e. The van der Waals surface area contributed by atoms with Crippen molar-refractivity contribution in [3.8, 4) is 17.2 Å². The highest BCUT2D eigenvalue weighted by Crippen LogP contribution is 2.25. The van der Waals surface area contributed by atoms with E-state index in [1.54, 1.807) is 55.6 Å². The number of amides is 2. The molecule has 0 radical (unpaired) electrons. The molecule has 3 rings (SSSR count). The second kappa shape index (κ2) is 12.9. The monoisotopic (exact) mass is 490 g/mol. The van der Waals surface area contributed by atoms with E-state index in [9.17, 15) is 14.4 Å². The maximum absolute atomic E-state index is 12.2. The zero-order valence-corrected chi connectivity index (χ0v) is 20.6. The highest BCUT2D eigenvalue weighted by atomic mass is 16.5. The van der Waals surface area contributed by atoms with Crippen molar-refractivity contribution in [2.75, 3.05) is 24.4 Å². The molecule has 0 aliphatic heterocycles. The number of nitrogens with one attached hydrogen (secondary N) is 2. The Morgan fingerprint density at radius 2 is 1.28 bits per heavy atom. The smallest absolute Gasteiger partial charge is 0.306 e. The van der Waals surface area contributed by atoms with Gasteiger partial charge in [0.2, 0.25) is 5.91 Å². The first-order valence-corrected chi connectivity index (χ1v) is 11.6. The van der Waals surface area contributed by atoms with Crippen molar-refractivity contribution in [3.63, 3.8) is 0 Å². The number of esters is 1. The summed E-state index contributed by atoms with van der Waals surface area (Å²) in [5.74, 6) is 0.872. The molecule has 188 valence electrons. The van der Waals surface area contributed by atoms with E-state index >= 15 is 0 Å². The maximum atomic E-state index is 12.2. The Hall–Kier alpha value is -4.33. The lowest BCUT2D eigenvalue weighted by molar-refractivity contribution is -0.147. The van der Waals surface area contributed by atoms with Gasteiger partial charge in [0.25, 0.3) is 5.91 Å². The summed E-state index contributed by atoms with van der Waals surface area (Å²) in [5.41, 5.74) is 3.55. The Labute approximate surface area is 210 Å². The van der Waals surface area contributed by atoms with E-state index in [1.165, 1.54) is 5.56 Å². The van der Waals surface area contributed by atoms with Crippen molar-refractivity contribution >= 4 is 29.2 Å². The molecular formula is C28H30N2O6. The van der Waals surface area contributed by atoms with Crippen molar-refractivity contribution in [2.24, 2.45) is 0 Å². The van der Waals surface area contributed by atoms with Crippen molar-refractivity contribution in [1.82, 2.24) is 0 Å². The van der Waals surface area contributed by atoms with Gasteiger partial charge in [-0.15, -0.1) is 0 Å². The van der Waals surface area contributed by atoms with E-state index in [-0.39, 0.29) is 18.7 Å². The Bertz CT molecular complexity index is 1190. The van der Waals surface area contributed by atoms with Crippen LogP contribution in [0.4, 0.5) is 11.4 Å². The first kappa shape index (κ1) is 26.3. The van der Waals surface area contributed by atoms with Gasteiger partial charge in [-0.2, -0.15) is 0 Å². The molecule has 3 aromatic carbocycles. The SMILES string of the molecule is COc1ccc(NC(=O)COC(=O)CCCC(=O)Nc2ccc(Oc3ccc(C)c(C)c3)cc2)cc1. The summed E-state index contributed by atoms with van der Waals surface area (Å²) in [6.07, 6.45) is 0.485. The Kier molecular flexibility index (Phi) is 9.45. The van der Waals surface area contributed by atoms with E-state index in [4.69, 9.17) is 14.2 Å². The van der Waals surface area contributed by atoms with Gasteiger partial charge in [0, 0.05) is 24.2 Å². The fourth-order valence-electron chi connectivity index (χ4n) is 3.23. The summed E-state index contributed by atoms with van der Waals surface area (Å²) in [7, 11) is 1.55. The summed E-state index contributed by atoms with van der Waals surface area (Å²) in [4.78, 5) is 36.0. The molecule has 0 aromatic heterocycles. The summed E-state index contributed by atoms with van der Waals surface area (Å²) in [6, 6.07) is 19.7. The lowest BCUT2D eigenvalue weighted by Crippen LogP contribution is -2.21. The fraction of sp³-hybridized carbons (Fsp3) is 0.250. The molecule has 0 unspecified atom stereocenters. The predicted molar refractivity (Wildman–Crippen MR) is 137 cm³/mol. The van der Waals surface area contributed by atoms with E-state index in [0.29, 0.717) is 29.3 Å². The lowest BCUT2D eigenvalue weighted by atomic mass is 10.1. The number of hydrogen-bond acceptors (Lipinski definition) is 6. The molecule has 2 amide bonds. The topological polar surface area (TPSA) is 103 Å². The zero-order chi connectivity index (χ0) is 25.9. The van der Waals surface area contributed by atoms with E-state index in [0.717, 1.165) is 11.3 Å². The molecule has 0 aliphatic rings. The summed E-state index contributed by atoms with van der Waals surface area (Å²) in [6.45, 7) is 3.68. The average molecular weight is 491 g/mol.